The molecular formula is C20H17NO3. The van der Waals surface area contributed by atoms with Crippen molar-refractivity contribution in [3.63, 3.8) is 0 Å². The van der Waals surface area contributed by atoms with Crippen molar-refractivity contribution >= 4 is 17.9 Å². The van der Waals surface area contributed by atoms with Crippen molar-refractivity contribution < 1.29 is 14.0 Å². The Kier molecular flexibility index (Phi) is 4.57. The Morgan fingerprint density at radius 2 is 1.71 bits per heavy atom. The van der Waals surface area contributed by atoms with Crippen molar-refractivity contribution in [2.75, 3.05) is 11.4 Å². The van der Waals surface area contributed by atoms with Gasteiger partial charge < -0.3 is 9.32 Å². The minimum absolute atomic E-state index is 0.0525. The zero-order valence-corrected chi connectivity index (χ0v) is 13.3. The maximum atomic E-state index is 12.7. The van der Waals surface area contributed by atoms with E-state index in [9.17, 15) is 9.59 Å². The van der Waals surface area contributed by atoms with Gasteiger partial charge in [0.05, 0.1) is 0 Å². The Hall–Kier alpha value is -3.14. The van der Waals surface area contributed by atoms with Gasteiger partial charge in [-0.15, -0.1) is 0 Å². The predicted molar refractivity (Wildman–Crippen MR) is 93.3 cm³/mol. The summed E-state index contributed by atoms with van der Waals surface area (Å²) in [6, 6.07) is 20.1. The molecule has 0 saturated carbocycles. The summed E-state index contributed by atoms with van der Waals surface area (Å²) in [4.78, 5) is 25.2. The summed E-state index contributed by atoms with van der Waals surface area (Å²) in [5.74, 6) is 0.834. The first-order valence-electron chi connectivity index (χ1n) is 7.75. The van der Waals surface area contributed by atoms with Gasteiger partial charge in [-0.1, -0.05) is 30.3 Å². The van der Waals surface area contributed by atoms with E-state index in [2.05, 4.69) is 0 Å². The average molecular weight is 319 g/mol. The number of carbonyl (C=O) groups is 2. The number of carbonyl (C=O) groups excluding carboxylic acids is 2. The lowest BCUT2D eigenvalue weighted by atomic mass is 10.1. The third-order valence-corrected chi connectivity index (χ3v) is 3.79. The Morgan fingerprint density at radius 3 is 2.29 bits per heavy atom. The summed E-state index contributed by atoms with van der Waals surface area (Å²) in [7, 11) is 0. The molecule has 0 saturated heterocycles. The van der Waals surface area contributed by atoms with Crippen molar-refractivity contribution in [1.29, 1.82) is 0 Å². The molecule has 0 unspecified atom stereocenters. The molecule has 120 valence electrons. The average Bonchev–Trinajstić information content (AvgIpc) is 3.12. The zero-order valence-electron chi connectivity index (χ0n) is 13.3. The molecule has 1 heterocycles. The van der Waals surface area contributed by atoms with Gasteiger partial charge in [0, 0.05) is 23.4 Å². The molecule has 0 spiro atoms. The molecular weight excluding hydrogens is 302 g/mol. The Bertz CT molecular complexity index is 835. The van der Waals surface area contributed by atoms with Gasteiger partial charge in [0.15, 0.2) is 12.0 Å². The SMILES string of the molecule is CCN(C(=O)c1ccc(-c2ccc(C=O)o2)cc1)c1ccccc1. The van der Waals surface area contributed by atoms with Crippen molar-refractivity contribution in [3.05, 3.63) is 78.1 Å². The van der Waals surface area contributed by atoms with Gasteiger partial charge in [-0.25, -0.2) is 0 Å². The van der Waals surface area contributed by atoms with Crippen LogP contribution in [0.25, 0.3) is 11.3 Å². The number of nitrogens with zero attached hydrogens (tertiary/aromatic N) is 1. The van der Waals surface area contributed by atoms with Crippen LogP contribution < -0.4 is 4.90 Å². The van der Waals surface area contributed by atoms with Crippen LogP contribution in [0.3, 0.4) is 0 Å². The summed E-state index contributed by atoms with van der Waals surface area (Å²) in [6.45, 7) is 2.54. The molecule has 0 bridgehead atoms. The molecule has 1 aromatic heterocycles. The minimum Gasteiger partial charge on any atom is -0.453 e. The van der Waals surface area contributed by atoms with E-state index in [1.807, 2.05) is 49.4 Å². The number of hydrogen-bond acceptors (Lipinski definition) is 3. The maximum Gasteiger partial charge on any atom is 0.258 e. The molecule has 3 aromatic rings. The fourth-order valence-electron chi connectivity index (χ4n) is 2.56. The van der Waals surface area contributed by atoms with E-state index in [-0.39, 0.29) is 11.7 Å². The fourth-order valence-corrected chi connectivity index (χ4v) is 2.56. The monoisotopic (exact) mass is 319 g/mol. The number of benzene rings is 2. The second-order valence-corrected chi connectivity index (χ2v) is 5.28. The van der Waals surface area contributed by atoms with Crippen molar-refractivity contribution in [2.45, 2.75) is 6.92 Å². The molecule has 3 rings (SSSR count). The quantitative estimate of drug-likeness (QED) is 0.654. The van der Waals surface area contributed by atoms with E-state index in [4.69, 9.17) is 4.42 Å². The smallest absolute Gasteiger partial charge is 0.258 e. The van der Waals surface area contributed by atoms with Gasteiger partial charge in [-0.3, -0.25) is 9.59 Å². The molecule has 4 nitrogen and oxygen atoms in total. The molecule has 1 amide bonds. The van der Waals surface area contributed by atoms with Gasteiger partial charge in [0.2, 0.25) is 0 Å². The van der Waals surface area contributed by atoms with Crippen LogP contribution in [0.5, 0.6) is 0 Å². The number of para-hydroxylation sites is 1. The Morgan fingerprint density at radius 1 is 1.00 bits per heavy atom. The van der Waals surface area contributed by atoms with Crippen LogP contribution in [0.1, 0.15) is 27.8 Å². The standard InChI is InChI=1S/C20H17NO3/c1-2-21(17-6-4-3-5-7-17)20(23)16-10-8-15(9-11-16)19-13-12-18(14-22)24-19/h3-14H,2H2,1H3. The van der Waals surface area contributed by atoms with E-state index in [0.717, 1.165) is 11.3 Å². The van der Waals surface area contributed by atoms with Crippen LogP contribution in [0, 0.1) is 0 Å². The third-order valence-electron chi connectivity index (χ3n) is 3.79. The van der Waals surface area contributed by atoms with Gasteiger partial charge in [-0.05, 0) is 43.3 Å². The molecule has 24 heavy (non-hydrogen) atoms. The van der Waals surface area contributed by atoms with Crippen LogP contribution >= 0.6 is 0 Å². The first-order chi connectivity index (χ1) is 11.7. The molecule has 0 aliphatic carbocycles. The highest BCUT2D eigenvalue weighted by Crippen LogP contribution is 2.23. The van der Waals surface area contributed by atoms with Gasteiger partial charge in [0.1, 0.15) is 5.76 Å². The summed E-state index contributed by atoms with van der Waals surface area (Å²) >= 11 is 0. The Labute approximate surface area is 140 Å². The highest BCUT2D eigenvalue weighted by molar-refractivity contribution is 6.06. The molecule has 0 N–H and O–H groups in total. The third kappa shape index (κ3) is 3.13. The van der Waals surface area contributed by atoms with Crippen LogP contribution in [0.2, 0.25) is 0 Å². The lowest BCUT2D eigenvalue weighted by Crippen LogP contribution is -2.30. The van der Waals surface area contributed by atoms with E-state index in [1.54, 1.807) is 29.2 Å². The Balaban J connectivity index is 1.84. The number of amides is 1. The normalized spacial score (nSPS) is 10.4. The number of aldehydes is 1. The van der Waals surface area contributed by atoms with E-state index < -0.39 is 0 Å². The maximum absolute atomic E-state index is 12.7. The predicted octanol–water partition coefficient (Wildman–Crippen LogP) is 4.43. The highest BCUT2D eigenvalue weighted by Gasteiger charge is 2.16. The molecule has 0 fully saturated rings. The van der Waals surface area contributed by atoms with Crippen LogP contribution in [-0.2, 0) is 0 Å². The number of furan rings is 1. The van der Waals surface area contributed by atoms with E-state index in [1.165, 1.54) is 0 Å². The topological polar surface area (TPSA) is 50.5 Å². The lowest BCUT2D eigenvalue weighted by molar-refractivity contribution is 0.0988. The fraction of sp³-hybridized carbons (Fsp3) is 0.100. The summed E-state index contributed by atoms with van der Waals surface area (Å²) in [5, 5.41) is 0. The first kappa shape index (κ1) is 15.7. The van der Waals surface area contributed by atoms with Crippen molar-refractivity contribution in [3.8, 4) is 11.3 Å². The minimum atomic E-state index is -0.0525. The number of anilines is 1. The molecule has 4 heteroatoms. The van der Waals surface area contributed by atoms with Crippen molar-refractivity contribution in [2.24, 2.45) is 0 Å². The highest BCUT2D eigenvalue weighted by atomic mass is 16.3. The van der Waals surface area contributed by atoms with Crippen molar-refractivity contribution in [1.82, 2.24) is 0 Å². The zero-order chi connectivity index (χ0) is 16.9. The van der Waals surface area contributed by atoms with Crippen LogP contribution in [0.15, 0.2) is 71.1 Å². The van der Waals surface area contributed by atoms with E-state index in [0.29, 0.717) is 24.2 Å². The largest absolute Gasteiger partial charge is 0.453 e. The number of hydrogen-bond donors (Lipinski definition) is 0. The molecule has 0 atom stereocenters. The second-order valence-electron chi connectivity index (χ2n) is 5.28. The summed E-state index contributed by atoms with van der Waals surface area (Å²) < 4.78 is 5.39. The van der Waals surface area contributed by atoms with Crippen LogP contribution in [0.4, 0.5) is 5.69 Å². The van der Waals surface area contributed by atoms with Gasteiger partial charge in [-0.2, -0.15) is 0 Å². The number of rotatable bonds is 5. The van der Waals surface area contributed by atoms with Crippen LogP contribution in [-0.4, -0.2) is 18.7 Å². The van der Waals surface area contributed by atoms with Gasteiger partial charge in [0.25, 0.3) is 5.91 Å². The molecule has 0 aliphatic rings. The van der Waals surface area contributed by atoms with E-state index >= 15 is 0 Å². The summed E-state index contributed by atoms with van der Waals surface area (Å²) in [5.41, 5.74) is 2.30. The van der Waals surface area contributed by atoms with Gasteiger partial charge >= 0.3 is 0 Å². The molecule has 0 radical (unpaired) electrons. The molecule has 2 aromatic carbocycles. The molecule has 0 aliphatic heterocycles. The summed E-state index contributed by atoms with van der Waals surface area (Å²) in [6.07, 6.45) is 0.667. The first-order valence-corrected chi connectivity index (χ1v) is 7.75. The lowest BCUT2D eigenvalue weighted by Gasteiger charge is -2.21. The second kappa shape index (κ2) is 6.96.